The Morgan fingerprint density at radius 3 is 3.12 bits per heavy atom. The van der Waals surface area contributed by atoms with E-state index in [1.54, 1.807) is 11.6 Å². The summed E-state index contributed by atoms with van der Waals surface area (Å²) in [6.07, 6.45) is 2.25. The maximum atomic E-state index is 9.92. The zero-order chi connectivity index (χ0) is 5.82. The number of aldehydes is 1. The van der Waals surface area contributed by atoms with E-state index in [-0.39, 0.29) is 0 Å². The Morgan fingerprint density at radius 2 is 2.75 bits per heavy atom. The Kier molecular flexibility index (Phi) is 1.69. The second-order valence-electron chi connectivity index (χ2n) is 1.14. The summed E-state index contributed by atoms with van der Waals surface area (Å²) in [4.78, 5) is 13.6. The number of nitrogens with one attached hydrogen (secondary N) is 1. The van der Waals surface area contributed by atoms with Gasteiger partial charge in [-0.05, 0) is 11.9 Å². The largest absolute Gasteiger partial charge is 0.308 e. The molecule has 1 heterocycles. The van der Waals surface area contributed by atoms with Crippen LogP contribution in [0.3, 0.4) is 0 Å². The van der Waals surface area contributed by atoms with Crippen LogP contribution in [0.15, 0.2) is 16.6 Å². The molecule has 0 radical (unpaired) electrons. The molecule has 0 aromatic heterocycles. The Balaban J connectivity index is 2.63. The van der Waals surface area contributed by atoms with Gasteiger partial charge in [-0.15, -0.1) is 0 Å². The van der Waals surface area contributed by atoms with Crippen molar-refractivity contribution in [1.29, 1.82) is 0 Å². The summed E-state index contributed by atoms with van der Waals surface area (Å²) in [5.74, 6) is 0.373. The smallest absolute Gasteiger partial charge is 0.185 e. The van der Waals surface area contributed by atoms with E-state index in [0.29, 0.717) is 12.1 Å². The van der Waals surface area contributed by atoms with Crippen LogP contribution in [0.5, 0.6) is 0 Å². The molecule has 0 amide bonds. The minimum atomic E-state index is 0.373. The van der Waals surface area contributed by atoms with Crippen LogP contribution in [0, 0.1) is 0 Å². The van der Waals surface area contributed by atoms with Gasteiger partial charge in [0.05, 0.1) is 0 Å². The molecule has 0 saturated heterocycles. The van der Waals surface area contributed by atoms with Gasteiger partial charge < -0.3 is 4.72 Å². The molecule has 0 aliphatic carbocycles. The second-order valence-corrected chi connectivity index (χ2v) is 1.85. The molecule has 1 aliphatic heterocycles. The van der Waals surface area contributed by atoms with E-state index >= 15 is 0 Å². The quantitative estimate of drug-likeness (QED) is 0.408. The zero-order valence-electron chi connectivity index (χ0n) is 4.00. The summed E-state index contributed by atoms with van der Waals surface area (Å²) in [5, 5.41) is 1.76. The average molecular weight is 128 g/mol. The predicted octanol–water partition coefficient (Wildman–Crippen LogP) is 0.306. The van der Waals surface area contributed by atoms with Crippen molar-refractivity contribution in [3.05, 3.63) is 11.6 Å². The van der Waals surface area contributed by atoms with Gasteiger partial charge >= 0.3 is 0 Å². The third-order valence-electron chi connectivity index (χ3n) is 0.618. The maximum absolute atomic E-state index is 9.92. The topological polar surface area (TPSA) is 41.5 Å². The van der Waals surface area contributed by atoms with Gasteiger partial charge in [0, 0.05) is 11.6 Å². The van der Waals surface area contributed by atoms with Crippen molar-refractivity contribution in [3.8, 4) is 0 Å². The van der Waals surface area contributed by atoms with E-state index in [2.05, 4.69) is 9.71 Å². The first-order valence-electron chi connectivity index (χ1n) is 2.03. The zero-order valence-corrected chi connectivity index (χ0v) is 4.81. The molecule has 0 atom stereocenters. The summed E-state index contributed by atoms with van der Waals surface area (Å²) < 4.78 is 2.68. The molecule has 0 spiro atoms. The first-order valence-corrected chi connectivity index (χ1v) is 2.91. The summed E-state index contributed by atoms with van der Waals surface area (Å²) >= 11 is 1.33. The number of carbonyl (C=O) groups is 1. The van der Waals surface area contributed by atoms with Gasteiger partial charge in [-0.1, -0.05) is 0 Å². The van der Waals surface area contributed by atoms with Crippen molar-refractivity contribution in [1.82, 2.24) is 4.72 Å². The molecule has 42 valence electrons. The molecular weight excluding hydrogens is 124 g/mol. The first kappa shape index (κ1) is 5.37. The van der Waals surface area contributed by atoms with Crippen molar-refractivity contribution < 1.29 is 4.79 Å². The first-order chi connectivity index (χ1) is 3.93. The number of nitrogens with zero attached hydrogens (tertiary/aromatic N) is 1. The van der Waals surface area contributed by atoms with Crippen molar-refractivity contribution in [3.63, 3.8) is 0 Å². The molecule has 1 rings (SSSR count). The van der Waals surface area contributed by atoms with Crippen LogP contribution >= 0.6 is 11.9 Å². The van der Waals surface area contributed by atoms with Crippen LogP contribution in [0.1, 0.15) is 0 Å². The highest BCUT2D eigenvalue weighted by Crippen LogP contribution is 1.99. The Labute approximate surface area is 51.0 Å². The van der Waals surface area contributed by atoms with Gasteiger partial charge in [-0.3, -0.25) is 4.79 Å². The normalized spacial score (nSPS) is 16.8. The standard InChI is InChI=1S/C4H4N2OS/c7-3-4-5-1-2-8-6-4/h1-3H,(H,5,6). The number of hydrogen-bond donors (Lipinski definition) is 1. The van der Waals surface area contributed by atoms with Gasteiger partial charge in [0.1, 0.15) is 0 Å². The van der Waals surface area contributed by atoms with Crippen LogP contribution in [0.2, 0.25) is 0 Å². The van der Waals surface area contributed by atoms with E-state index in [9.17, 15) is 4.79 Å². The fraction of sp³-hybridized carbons (Fsp3) is 0. The molecule has 0 aromatic rings. The minimum Gasteiger partial charge on any atom is -0.308 e. The van der Waals surface area contributed by atoms with Crippen molar-refractivity contribution in [2.75, 3.05) is 0 Å². The van der Waals surface area contributed by atoms with E-state index in [1.807, 2.05) is 0 Å². The van der Waals surface area contributed by atoms with Crippen LogP contribution in [-0.2, 0) is 4.79 Å². The third kappa shape index (κ3) is 1.10. The van der Waals surface area contributed by atoms with Gasteiger partial charge in [0.25, 0.3) is 0 Å². The number of amidine groups is 1. The van der Waals surface area contributed by atoms with Crippen molar-refractivity contribution in [2.45, 2.75) is 0 Å². The molecule has 0 fully saturated rings. The lowest BCUT2D eigenvalue weighted by Gasteiger charge is -2.00. The van der Waals surface area contributed by atoms with Crippen molar-refractivity contribution in [2.24, 2.45) is 4.99 Å². The summed E-state index contributed by atoms with van der Waals surface area (Å²) in [6, 6.07) is 0. The van der Waals surface area contributed by atoms with Crippen molar-refractivity contribution >= 4 is 24.1 Å². The monoisotopic (exact) mass is 128 g/mol. The Morgan fingerprint density at radius 1 is 1.88 bits per heavy atom. The Bertz CT molecular complexity index is 152. The highest BCUT2D eigenvalue weighted by atomic mass is 32.2. The highest BCUT2D eigenvalue weighted by Gasteiger charge is 1.94. The van der Waals surface area contributed by atoms with E-state index in [0.717, 1.165) is 0 Å². The molecule has 4 heteroatoms. The van der Waals surface area contributed by atoms with Crippen LogP contribution in [0.25, 0.3) is 0 Å². The van der Waals surface area contributed by atoms with E-state index in [1.165, 1.54) is 11.9 Å². The predicted molar refractivity (Wildman–Crippen MR) is 33.4 cm³/mol. The lowest BCUT2D eigenvalue weighted by Crippen LogP contribution is -2.17. The van der Waals surface area contributed by atoms with Gasteiger partial charge in [0.15, 0.2) is 12.1 Å². The van der Waals surface area contributed by atoms with E-state index in [4.69, 9.17) is 0 Å². The second kappa shape index (κ2) is 2.52. The lowest BCUT2D eigenvalue weighted by atomic mass is 10.7. The minimum absolute atomic E-state index is 0.373. The highest BCUT2D eigenvalue weighted by molar-refractivity contribution is 8.00. The fourth-order valence-corrected chi connectivity index (χ4v) is 0.728. The molecular formula is C4H4N2OS. The SMILES string of the molecule is O=CC1=NC=CSN1. The van der Waals surface area contributed by atoms with Crippen LogP contribution < -0.4 is 4.72 Å². The number of hydrogen-bond acceptors (Lipinski definition) is 4. The molecule has 0 saturated carbocycles. The maximum Gasteiger partial charge on any atom is 0.185 e. The molecule has 1 aliphatic rings. The van der Waals surface area contributed by atoms with Crippen LogP contribution in [0.4, 0.5) is 0 Å². The average Bonchev–Trinajstić information content (AvgIpc) is 1.90. The summed E-state index contributed by atoms with van der Waals surface area (Å²) in [5.41, 5.74) is 0. The molecule has 0 aromatic carbocycles. The molecule has 8 heavy (non-hydrogen) atoms. The van der Waals surface area contributed by atoms with E-state index < -0.39 is 0 Å². The summed E-state index contributed by atoms with van der Waals surface area (Å²) in [7, 11) is 0. The molecule has 1 N–H and O–H groups in total. The molecule has 0 bridgehead atoms. The lowest BCUT2D eigenvalue weighted by molar-refractivity contribution is -0.102. The summed E-state index contributed by atoms with van der Waals surface area (Å²) in [6.45, 7) is 0. The molecule has 3 nitrogen and oxygen atoms in total. The van der Waals surface area contributed by atoms with Gasteiger partial charge in [-0.2, -0.15) is 0 Å². The van der Waals surface area contributed by atoms with Crippen LogP contribution in [-0.4, -0.2) is 12.1 Å². The number of rotatable bonds is 1. The number of aliphatic imine (C=N–C) groups is 1. The Hall–Kier alpha value is -0.770. The third-order valence-corrected chi connectivity index (χ3v) is 1.20. The van der Waals surface area contributed by atoms with Gasteiger partial charge in [0.2, 0.25) is 0 Å². The molecule has 0 unspecified atom stereocenters. The number of carbonyl (C=O) groups excluding carboxylic acids is 1. The van der Waals surface area contributed by atoms with Gasteiger partial charge in [-0.25, -0.2) is 4.99 Å². The fourth-order valence-electron chi connectivity index (χ4n) is 0.316.